The van der Waals surface area contributed by atoms with Crippen molar-refractivity contribution in [2.75, 3.05) is 11.6 Å². The Balaban J connectivity index is 2.72. The van der Waals surface area contributed by atoms with Crippen LogP contribution in [0.3, 0.4) is 0 Å². The molecule has 0 fully saturated rings. The zero-order chi connectivity index (χ0) is 13.6. The molecular weight excluding hydrogens is 280 g/mol. The third-order valence-electron chi connectivity index (χ3n) is 2.22. The molecule has 0 spiro atoms. The Morgan fingerprint density at radius 1 is 1.33 bits per heavy atom. The Morgan fingerprint density at radius 3 is 2.61 bits per heavy atom. The fourth-order valence-corrected chi connectivity index (χ4v) is 2.68. The van der Waals surface area contributed by atoms with Crippen LogP contribution in [-0.2, 0) is 16.6 Å². The first kappa shape index (κ1) is 14.9. The zero-order valence-electron chi connectivity index (χ0n) is 9.50. The summed E-state index contributed by atoms with van der Waals surface area (Å²) >= 11 is 5.41. The van der Waals surface area contributed by atoms with Crippen molar-refractivity contribution in [2.24, 2.45) is 0 Å². The summed E-state index contributed by atoms with van der Waals surface area (Å²) in [4.78, 5) is 10.2. The number of nitrogens with zero attached hydrogens (tertiary/aromatic N) is 1. The monoisotopic (exact) mass is 292 g/mol. The van der Waals surface area contributed by atoms with Crippen LogP contribution >= 0.6 is 11.6 Å². The number of halogens is 1. The van der Waals surface area contributed by atoms with E-state index < -0.39 is 14.9 Å². The van der Waals surface area contributed by atoms with E-state index in [4.69, 9.17) is 11.6 Å². The summed E-state index contributed by atoms with van der Waals surface area (Å²) in [5, 5.41) is 10.7. The number of benzene rings is 1. The molecule has 0 aliphatic heterocycles. The summed E-state index contributed by atoms with van der Waals surface area (Å²) in [6.07, 6.45) is 0.341. The van der Waals surface area contributed by atoms with Crippen LogP contribution < -0.4 is 4.72 Å². The lowest BCUT2D eigenvalue weighted by molar-refractivity contribution is -0.385. The molecule has 0 radical (unpaired) electrons. The molecule has 6 nitrogen and oxygen atoms in total. The van der Waals surface area contributed by atoms with E-state index in [1.54, 1.807) is 6.07 Å². The molecule has 1 N–H and O–H groups in total. The molecule has 18 heavy (non-hydrogen) atoms. The van der Waals surface area contributed by atoms with E-state index in [-0.39, 0.29) is 23.9 Å². The van der Waals surface area contributed by atoms with Gasteiger partial charge in [0.25, 0.3) is 5.69 Å². The van der Waals surface area contributed by atoms with E-state index in [2.05, 4.69) is 4.72 Å². The first-order valence-corrected chi connectivity index (χ1v) is 7.40. The largest absolute Gasteiger partial charge is 0.273 e. The fourth-order valence-electron chi connectivity index (χ4n) is 1.34. The Kier molecular flexibility index (Phi) is 5.52. The average molecular weight is 293 g/mol. The molecule has 8 heteroatoms. The summed E-state index contributed by atoms with van der Waals surface area (Å²) in [5.74, 6) is 0.170. The summed E-state index contributed by atoms with van der Waals surface area (Å²) in [5.41, 5.74) is 0.231. The molecule has 0 aliphatic carbocycles. The number of nitro benzene ring substituents is 1. The molecule has 0 saturated carbocycles. The van der Waals surface area contributed by atoms with E-state index in [1.807, 2.05) is 0 Å². The van der Waals surface area contributed by atoms with Gasteiger partial charge in [-0.05, 0) is 6.42 Å². The minimum Gasteiger partial charge on any atom is -0.258 e. The SMILES string of the molecule is O=[N+]([O-])c1ccccc1CNS(=O)(=O)CCCCl. The van der Waals surface area contributed by atoms with Crippen molar-refractivity contribution in [3.8, 4) is 0 Å². The summed E-state index contributed by atoms with van der Waals surface area (Å²) in [6, 6.07) is 6.00. The van der Waals surface area contributed by atoms with Crippen LogP contribution in [0.25, 0.3) is 0 Å². The molecule has 1 rings (SSSR count). The predicted octanol–water partition coefficient (Wildman–Crippen LogP) is 1.64. The van der Waals surface area contributed by atoms with Crippen molar-refractivity contribution in [3.63, 3.8) is 0 Å². The molecule has 0 amide bonds. The molecule has 0 atom stereocenters. The summed E-state index contributed by atoms with van der Waals surface area (Å²) in [6.45, 7) is -0.0955. The van der Waals surface area contributed by atoms with Gasteiger partial charge >= 0.3 is 0 Å². The normalized spacial score (nSPS) is 11.4. The van der Waals surface area contributed by atoms with Crippen LogP contribution in [0.1, 0.15) is 12.0 Å². The second-order valence-corrected chi connectivity index (χ2v) is 5.87. The average Bonchev–Trinajstić information content (AvgIpc) is 2.34. The van der Waals surface area contributed by atoms with Gasteiger partial charge in [0.15, 0.2) is 0 Å². The molecule has 100 valence electrons. The predicted molar refractivity (Wildman–Crippen MR) is 69.1 cm³/mol. The van der Waals surface area contributed by atoms with Crippen LogP contribution in [0.15, 0.2) is 24.3 Å². The summed E-state index contributed by atoms with van der Waals surface area (Å²) in [7, 11) is -3.44. The lowest BCUT2D eigenvalue weighted by Gasteiger charge is -2.06. The van der Waals surface area contributed by atoms with Gasteiger partial charge in [0.05, 0.1) is 10.7 Å². The van der Waals surface area contributed by atoms with Crippen molar-refractivity contribution in [1.29, 1.82) is 0 Å². The molecule has 0 aliphatic rings. The quantitative estimate of drug-likeness (QED) is 0.470. The van der Waals surface area contributed by atoms with E-state index >= 15 is 0 Å². The molecular formula is C10H13ClN2O4S. The van der Waals surface area contributed by atoms with E-state index in [9.17, 15) is 18.5 Å². The highest BCUT2D eigenvalue weighted by atomic mass is 35.5. The maximum Gasteiger partial charge on any atom is 0.273 e. The van der Waals surface area contributed by atoms with Crippen molar-refractivity contribution >= 4 is 27.3 Å². The van der Waals surface area contributed by atoms with Crippen molar-refractivity contribution in [2.45, 2.75) is 13.0 Å². The minimum absolute atomic E-state index is 0.0862. The van der Waals surface area contributed by atoms with Gasteiger partial charge in [0, 0.05) is 24.1 Å². The molecule has 0 unspecified atom stereocenters. The third kappa shape index (κ3) is 4.59. The Labute approximate surface area is 110 Å². The molecule has 0 aromatic heterocycles. The second kappa shape index (κ2) is 6.67. The third-order valence-corrected chi connectivity index (χ3v) is 3.90. The van der Waals surface area contributed by atoms with Crippen molar-refractivity contribution < 1.29 is 13.3 Å². The number of hydrogen-bond donors (Lipinski definition) is 1. The maximum absolute atomic E-state index is 11.5. The Morgan fingerprint density at radius 2 is 2.00 bits per heavy atom. The smallest absolute Gasteiger partial charge is 0.258 e. The molecule has 0 saturated heterocycles. The van der Waals surface area contributed by atoms with Crippen molar-refractivity contribution in [3.05, 3.63) is 39.9 Å². The van der Waals surface area contributed by atoms with Crippen LogP contribution in [0.2, 0.25) is 0 Å². The lowest BCUT2D eigenvalue weighted by Crippen LogP contribution is -2.26. The second-order valence-electron chi connectivity index (χ2n) is 3.57. The van der Waals surface area contributed by atoms with Gasteiger partial charge in [-0.15, -0.1) is 11.6 Å². The van der Waals surface area contributed by atoms with Crippen LogP contribution in [-0.4, -0.2) is 25.0 Å². The van der Waals surface area contributed by atoms with Crippen molar-refractivity contribution in [1.82, 2.24) is 4.72 Å². The number of alkyl halides is 1. The molecule has 0 bridgehead atoms. The fraction of sp³-hybridized carbons (Fsp3) is 0.400. The first-order chi connectivity index (χ1) is 8.46. The number of rotatable bonds is 7. The van der Waals surface area contributed by atoms with Crippen LogP contribution in [0.5, 0.6) is 0 Å². The van der Waals surface area contributed by atoms with Gasteiger partial charge in [0.2, 0.25) is 10.0 Å². The number of sulfonamides is 1. The van der Waals surface area contributed by atoms with Crippen LogP contribution in [0, 0.1) is 10.1 Å². The van der Waals surface area contributed by atoms with Gasteiger partial charge < -0.3 is 0 Å². The topological polar surface area (TPSA) is 89.3 Å². The maximum atomic E-state index is 11.5. The summed E-state index contributed by atoms with van der Waals surface area (Å²) < 4.78 is 25.3. The van der Waals surface area contributed by atoms with Gasteiger partial charge in [0.1, 0.15) is 0 Å². The van der Waals surface area contributed by atoms with Gasteiger partial charge in [-0.2, -0.15) is 0 Å². The van der Waals surface area contributed by atoms with Gasteiger partial charge in [-0.25, -0.2) is 13.1 Å². The molecule has 0 heterocycles. The Hall–Kier alpha value is -1.18. The number of nitro groups is 1. The van der Waals surface area contributed by atoms with E-state index in [1.165, 1.54) is 18.2 Å². The standard InChI is InChI=1S/C10H13ClN2O4S/c11-6-3-7-18(16,17)12-8-9-4-1-2-5-10(9)13(14)15/h1-2,4-5,12H,3,6-8H2. The van der Waals surface area contributed by atoms with E-state index in [0.29, 0.717) is 12.0 Å². The first-order valence-electron chi connectivity index (χ1n) is 5.22. The van der Waals surface area contributed by atoms with E-state index in [0.717, 1.165) is 0 Å². The highest BCUT2D eigenvalue weighted by Crippen LogP contribution is 2.17. The van der Waals surface area contributed by atoms with Gasteiger partial charge in [-0.3, -0.25) is 10.1 Å². The lowest BCUT2D eigenvalue weighted by atomic mass is 10.2. The Bertz CT molecular complexity index is 518. The highest BCUT2D eigenvalue weighted by Gasteiger charge is 2.15. The zero-order valence-corrected chi connectivity index (χ0v) is 11.1. The van der Waals surface area contributed by atoms with Gasteiger partial charge in [-0.1, -0.05) is 18.2 Å². The number of hydrogen-bond acceptors (Lipinski definition) is 4. The molecule has 1 aromatic rings. The van der Waals surface area contributed by atoms with Crippen LogP contribution in [0.4, 0.5) is 5.69 Å². The molecule has 1 aromatic carbocycles. The highest BCUT2D eigenvalue weighted by molar-refractivity contribution is 7.89. The number of para-hydroxylation sites is 1. The minimum atomic E-state index is -3.44. The number of nitrogens with one attached hydrogen (secondary N) is 1.